The van der Waals surface area contributed by atoms with Gasteiger partial charge in [-0.15, -0.1) is 0 Å². The number of methoxy groups -OCH3 is 3. The van der Waals surface area contributed by atoms with Crippen molar-refractivity contribution in [2.75, 3.05) is 21.3 Å². The van der Waals surface area contributed by atoms with E-state index in [9.17, 15) is 4.79 Å². The molecule has 0 saturated heterocycles. The molecule has 0 aliphatic heterocycles. The van der Waals surface area contributed by atoms with Crippen molar-refractivity contribution in [3.05, 3.63) is 53.6 Å². The third-order valence-electron chi connectivity index (χ3n) is 3.46. The van der Waals surface area contributed by atoms with Gasteiger partial charge in [0, 0.05) is 12.1 Å². The summed E-state index contributed by atoms with van der Waals surface area (Å²) in [5.74, 6) is 2.11. The lowest BCUT2D eigenvalue weighted by Crippen LogP contribution is -2.24. The number of benzene rings is 2. The van der Waals surface area contributed by atoms with Gasteiger partial charge in [-0.3, -0.25) is 4.79 Å². The summed E-state index contributed by atoms with van der Waals surface area (Å²) in [5.41, 5.74) is 1.77. The molecular weight excluding hydrogens is 294 g/mol. The van der Waals surface area contributed by atoms with Gasteiger partial charge in [0.1, 0.15) is 17.2 Å². The molecule has 0 atom stereocenters. The maximum absolute atomic E-state index is 12.1. The van der Waals surface area contributed by atoms with Crippen LogP contribution in [0.5, 0.6) is 17.2 Å². The second-order valence-electron chi connectivity index (χ2n) is 4.98. The number of rotatable bonds is 7. The number of amides is 1. The number of nitrogens with one attached hydrogen (secondary N) is 1. The predicted molar refractivity (Wildman–Crippen MR) is 88.1 cm³/mol. The Labute approximate surface area is 136 Å². The first kappa shape index (κ1) is 16.7. The molecule has 122 valence electrons. The lowest BCUT2D eigenvalue weighted by molar-refractivity contribution is -0.120. The Morgan fingerprint density at radius 2 is 1.70 bits per heavy atom. The van der Waals surface area contributed by atoms with Gasteiger partial charge in [-0.05, 0) is 35.9 Å². The Morgan fingerprint density at radius 3 is 2.39 bits per heavy atom. The van der Waals surface area contributed by atoms with E-state index in [4.69, 9.17) is 14.2 Å². The van der Waals surface area contributed by atoms with Crippen LogP contribution in [0.15, 0.2) is 42.5 Å². The van der Waals surface area contributed by atoms with Crippen LogP contribution in [0.25, 0.3) is 0 Å². The highest BCUT2D eigenvalue weighted by molar-refractivity contribution is 5.78. The summed E-state index contributed by atoms with van der Waals surface area (Å²) < 4.78 is 15.7. The highest BCUT2D eigenvalue weighted by atomic mass is 16.5. The first-order valence-corrected chi connectivity index (χ1v) is 7.26. The first-order chi connectivity index (χ1) is 11.2. The van der Waals surface area contributed by atoms with Crippen LogP contribution in [0.1, 0.15) is 11.1 Å². The Morgan fingerprint density at radius 1 is 0.957 bits per heavy atom. The molecule has 0 radical (unpaired) electrons. The lowest BCUT2D eigenvalue weighted by Gasteiger charge is -2.11. The molecule has 5 nitrogen and oxygen atoms in total. The fourth-order valence-electron chi connectivity index (χ4n) is 2.24. The molecule has 23 heavy (non-hydrogen) atoms. The second-order valence-corrected chi connectivity index (χ2v) is 4.98. The van der Waals surface area contributed by atoms with Crippen molar-refractivity contribution in [2.45, 2.75) is 13.0 Å². The number of carbonyl (C=O) groups is 1. The molecule has 1 amide bonds. The van der Waals surface area contributed by atoms with E-state index >= 15 is 0 Å². The molecule has 0 spiro atoms. The molecular formula is C18H21NO4. The molecule has 2 rings (SSSR count). The molecule has 0 unspecified atom stereocenters. The first-order valence-electron chi connectivity index (χ1n) is 7.26. The van der Waals surface area contributed by atoms with Crippen LogP contribution in [0.4, 0.5) is 0 Å². The Balaban J connectivity index is 1.98. The van der Waals surface area contributed by atoms with Gasteiger partial charge in [0.2, 0.25) is 5.91 Å². The zero-order chi connectivity index (χ0) is 16.7. The van der Waals surface area contributed by atoms with E-state index in [-0.39, 0.29) is 5.91 Å². The van der Waals surface area contributed by atoms with Gasteiger partial charge in [-0.25, -0.2) is 0 Å². The van der Waals surface area contributed by atoms with E-state index in [0.29, 0.717) is 18.7 Å². The standard InChI is InChI=1S/C18H21NO4/c1-21-15-6-4-5-13(9-15)10-18(20)19-12-14-11-16(22-2)7-8-17(14)23-3/h4-9,11H,10,12H2,1-3H3,(H,19,20). The fourth-order valence-corrected chi connectivity index (χ4v) is 2.24. The normalized spacial score (nSPS) is 10.0. The quantitative estimate of drug-likeness (QED) is 0.853. The summed E-state index contributed by atoms with van der Waals surface area (Å²) in [4.78, 5) is 12.1. The van der Waals surface area contributed by atoms with E-state index in [2.05, 4.69) is 5.32 Å². The Bertz CT molecular complexity index is 670. The molecule has 0 fully saturated rings. The van der Waals surface area contributed by atoms with Gasteiger partial charge < -0.3 is 19.5 Å². The zero-order valence-corrected chi connectivity index (χ0v) is 13.6. The lowest BCUT2D eigenvalue weighted by atomic mass is 10.1. The minimum Gasteiger partial charge on any atom is -0.497 e. The van der Waals surface area contributed by atoms with Crippen molar-refractivity contribution in [3.8, 4) is 17.2 Å². The molecule has 0 heterocycles. The third kappa shape index (κ3) is 4.64. The average Bonchev–Trinajstić information content (AvgIpc) is 2.59. The summed E-state index contributed by atoms with van der Waals surface area (Å²) in [6.07, 6.45) is 0.295. The average molecular weight is 315 g/mol. The molecule has 0 aliphatic rings. The van der Waals surface area contributed by atoms with Gasteiger partial charge in [-0.2, -0.15) is 0 Å². The van der Waals surface area contributed by atoms with Gasteiger partial charge >= 0.3 is 0 Å². The highest BCUT2D eigenvalue weighted by Crippen LogP contribution is 2.23. The minimum absolute atomic E-state index is 0.0665. The largest absolute Gasteiger partial charge is 0.497 e. The molecule has 0 aromatic heterocycles. The number of ether oxygens (including phenoxy) is 3. The van der Waals surface area contributed by atoms with Gasteiger partial charge in [0.05, 0.1) is 27.8 Å². The molecule has 5 heteroatoms. The number of hydrogen-bond donors (Lipinski definition) is 1. The zero-order valence-electron chi connectivity index (χ0n) is 13.6. The van der Waals surface area contributed by atoms with Crippen molar-refractivity contribution < 1.29 is 19.0 Å². The van der Waals surface area contributed by atoms with Gasteiger partial charge in [-0.1, -0.05) is 12.1 Å². The van der Waals surface area contributed by atoms with E-state index in [1.54, 1.807) is 21.3 Å². The van der Waals surface area contributed by atoms with Crippen LogP contribution in [0.2, 0.25) is 0 Å². The van der Waals surface area contributed by atoms with E-state index < -0.39 is 0 Å². The number of hydrogen-bond acceptors (Lipinski definition) is 4. The van der Waals surface area contributed by atoms with Crippen LogP contribution in [0.3, 0.4) is 0 Å². The highest BCUT2D eigenvalue weighted by Gasteiger charge is 2.08. The smallest absolute Gasteiger partial charge is 0.224 e. The third-order valence-corrected chi connectivity index (χ3v) is 3.46. The van der Waals surface area contributed by atoms with Crippen molar-refractivity contribution >= 4 is 5.91 Å². The molecule has 0 bridgehead atoms. The van der Waals surface area contributed by atoms with Crippen molar-refractivity contribution in [3.63, 3.8) is 0 Å². The fraction of sp³-hybridized carbons (Fsp3) is 0.278. The van der Waals surface area contributed by atoms with Gasteiger partial charge in [0.15, 0.2) is 0 Å². The maximum Gasteiger partial charge on any atom is 0.224 e. The summed E-state index contributed by atoms with van der Waals surface area (Å²) in [6, 6.07) is 13.0. The van der Waals surface area contributed by atoms with Gasteiger partial charge in [0.25, 0.3) is 0 Å². The SMILES string of the molecule is COc1cccc(CC(=O)NCc2cc(OC)ccc2OC)c1. The summed E-state index contributed by atoms with van der Waals surface area (Å²) in [6.45, 7) is 0.378. The minimum atomic E-state index is -0.0665. The van der Waals surface area contributed by atoms with Crippen LogP contribution in [0, 0.1) is 0 Å². The second kappa shape index (κ2) is 8.08. The maximum atomic E-state index is 12.1. The van der Waals surface area contributed by atoms with E-state index in [1.165, 1.54) is 0 Å². The molecule has 2 aromatic carbocycles. The van der Waals surface area contributed by atoms with Crippen molar-refractivity contribution in [2.24, 2.45) is 0 Å². The Kier molecular flexibility index (Phi) is 5.86. The molecule has 0 saturated carbocycles. The summed E-state index contributed by atoms with van der Waals surface area (Å²) in [5, 5.41) is 2.90. The summed E-state index contributed by atoms with van der Waals surface area (Å²) >= 11 is 0. The van der Waals surface area contributed by atoms with Crippen molar-refractivity contribution in [1.29, 1.82) is 0 Å². The monoisotopic (exact) mass is 315 g/mol. The van der Waals surface area contributed by atoms with Crippen LogP contribution < -0.4 is 19.5 Å². The van der Waals surface area contributed by atoms with E-state index in [0.717, 1.165) is 22.6 Å². The topological polar surface area (TPSA) is 56.8 Å². The predicted octanol–water partition coefficient (Wildman–Crippen LogP) is 2.57. The van der Waals surface area contributed by atoms with Crippen LogP contribution >= 0.6 is 0 Å². The van der Waals surface area contributed by atoms with E-state index in [1.807, 2.05) is 42.5 Å². The van der Waals surface area contributed by atoms with Crippen LogP contribution in [-0.2, 0) is 17.8 Å². The summed E-state index contributed by atoms with van der Waals surface area (Å²) in [7, 11) is 4.81. The molecule has 0 aliphatic carbocycles. The Hall–Kier alpha value is -2.69. The number of carbonyl (C=O) groups excluding carboxylic acids is 1. The molecule has 1 N–H and O–H groups in total. The van der Waals surface area contributed by atoms with Crippen molar-refractivity contribution in [1.82, 2.24) is 5.32 Å². The van der Waals surface area contributed by atoms with Crippen LogP contribution in [-0.4, -0.2) is 27.2 Å². The molecule has 2 aromatic rings.